The summed E-state index contributed by atoms with van der Waals surface area (Å²) in [5.74, 6) is -11.5. The molecule has 2 bridgehead atoms. The highest BCUT2D eigenvalue weighted by atomic mass is 16.8. The van der Waals surface area contributed by atoms with Gasteiger partial charge in [0.05, 0.1) is 12.5 Å². The van der Waals surface area contributed by atoms with Crippen LogP contribution in [0.4, 0.5) is 0 Å². The van der Waals surface area contributed by atoms with E-state index < -0.39 is 90.2 Å². The summed E-state index contributed by atoms with van der Waals surface area (Å²) in [5, 5.41) is 63.8. The SMILES string of the molecule is C=C(CC[C@]12O[C@H](C(=O)O)[C@@](O)(C(=O)O)[C@](C(=O)O)(O1)[C@H](OC(=O)C[C@@H](O)CC[C@@H](C)CC)[C@H]2O)[C@@H](OC(C)=O)[C@H](C)Cc1ccccc1. The van der Waals surface area contributed by atoms with Crippen molar-refractivity contribution in [1.82, 2.24) is 0 Å². The van der Waals surface area contributed by atoms with Gasteiger partial charge in [0.15, 0.2) is 6.10 Å². The van der Waals surface area contributed by atoms with E-state index in [-0.39, 0.29) is 30.3 Å². The molecule has 2 aliphatic rings. The number of aliphatic hydroxyl groups is 3. The second-order valence-electron chi connectivity index (χ2n) is 13.0. The van der Waals surface area contributed by atoms with Crippen molar-refractivity contribution >= 4 is 29.8 Å². The quantitative estimate of drug-likeness (QED) is 0.0948. The summed E-state index contributed by atoms with van der Waals surface area (Å²) in [7, 11) is 0. The van der Waals surface area contributed by atoms with Gasteiger partial charge in [0.2, 0.25) is 23.1 Å². The van der Waals surface area contributed by atoms with Crippen LogP contribution in [0, 0.1) is 11.8 Å². The van der Waals surface area contributed by atoms with Gasteiger partial charge in [0, 0.05) is 19.3 Å². The number of aliphatic carboxylic acids is 3. The molecular weight excluding hydrogens is 648 g/mol. The number of hydrogen-bond acceptors (Lipinski definition) is 12. The zero-order chi connectivity index (χ0) is 36.9. The van der Waals surface area contributed by atoms with E-state index in [2.05, 4.69) is 6.58 Å². The lowest BCUT2D eigenvalue weighted by Crippen LogP contribution is -2.78. The molecule has 0 radical (unpaired) electrons. The lowest BCUT2D eigenvalue weighted by molar-refractivity contribution is -0.374. The Hall–Kier alpha value is -3.89. The first-order valence-electron chi connectivity index (χ1n) is 16.1. The minimum atomic E-state index is -3.94. The maximum absolute atomic E-state index is 13.0. The van der Waals surface area contributed by atoms with E-state index in [9.17, 15) is 54.6 Å². The first-order valence-corrected chi connectivity index (χ1v) is 16.1. The first kappa shape index (κ1) is 39.5. The predicted octanol–water partition coefficient (Wildman–Crippen LogP) is 1.83. The molecule has 2 saturated heterocycles. The van der Waals surface area contributed by atoms with Crippen LogP contribution in [0.2, 0.25) is 0 Å². The van der Waals surface area contributed by atoms with Crippen LogP contribution in [-0.4, -0.2) is 108 Å². The summed E-state index contributed by atoms with van der Waals surface area (Å²) in [4.78, 5) is 62.9. The minimum absolute atomic E-state index is 0.166. The number of aliphatic hydroxyl groups excluding tert-OH is 2. The number of esters is 2. The third kappa shape index (κ3) is 7.96. The molecule has 2 heterocycles. The zero-order valence-corrected chi connectivity index (χ0v) is 27.9. The molecule has 3 rings (SSSR count). The molecule has 15 heteroatoms. The molecule has 272 valence electrons. The molecule has 0 unspecified atom stereocenters. The average molecular weight is 695 g/mol. The van der Waals surface area contributed by atoms with E-state index in [1.807, 2.05) is 44.2 Å². The molecular formula is C34H46O15. The predicted molar refractivity (Wildman–Crippen MR) is 168 cm³/mol. The van der Waals surface area contributed by atoms with Crippen molar-refractivity contribution in [2.45, 2.75) is 120 Å². The van der Waals surface area contributed by atoms with E-state index in [4.69, 9.17) is 18.9 Å². The Balaban J connectivity index is 1.99. The minimum Gasteiger partial charge on any atom is -0.479 e. The number of carboxylic acids is 3. The molecule has 10 atom stereocenters. The summed E-state index contributed by atoms with van der Waals surface area (Å²) in [5.41, 5.74) is -6.40. The number of fused-ring (bicyclic) bond motifs is 2. The number of carbonyl (C=O) groups excluding carboxylic acids is 2. The fraction of sp³-hybridized carbons (Fsp3) is 0.618. The molecule has 0 amide bonds. The molecule has 1 aromatic carbocycles. The lowest BCUT2D eigenvalue weighted by Gasteiger charge is -2.48. The maximum atomic E-state index is 13.0. The number of carboxylic acid groups (broad SMARTS) is 3. The maximum Gasteiger partial charge on any atom is 0.344 e. The fourth-order valence-electron chi connectivity index (χ4n) is 6.46. The fourth-order valence-corrected chi connectivity index (χ4v) is 6.46. The van der Waals surface area contributed by atoms with E-state index in [0.29, 0.717) is 12.8 Å². The highest BCUT2D eigenvalue weighted by molar-refractivity contribution is 5.98. The molecule has 1 aromatic rings. The molecule has 0 spiro atoms. The van der Waals surface area contributed by atoms with Crippen molar-refractivity contribution in [3.05, 3.63) is 48.0 Å². The van der Waals surface area contributed by atoms with Crippen LogP contribution in [0.25, 0.3) is 0 Å². The standard InChI is InChI=1S/C34H46O15/c1-6-18(2)12-13-23(36)17-24(37)47-27-26(38)32(48-28(29(39)40)33(45,30(41)42)34(27,49-32)31(43)44)15-14-19(3)25(46-21(5)35)20(4)16-22-10-8-7-9-11-22/h7-11,18,20,23,25-28,36,38,45H,3,6,12-17H2,1-2,4-5H3,(H,39,40)(H,41,42)(H,43,44)/t18-,20+,23-,25+,26+,27+,28+,32-,33+,34-/m0/s1. The average Bonchev–Trinajstić information content (AvgIpc) is 3.24. The molecule has 0 aromatic heterocycles. The Labute approximate surface area is 283 Å². The van der Waals surface area contributed by atoms with Gasteiger partial charge in [-0.15, -0.1) is 0 Å². The van der Waals surface area contributed by atoms with E-state index in [1.165, 1.54) is 6.92 Å². The third-order valence-corrected chi connectivity index (χ3v) is 9.36. The molecule has 6 N–H and O–H groups in total. The van der Waals surface area contributed by atoms with Gasteiger partial charge >= 0.3 is 29.8 Å². The van der Waals surface area contributed by atoms with Crippen LogP contribution in [0.15, 0.2) is 42.5 Å². The van der Waals surface area contributed by atoms with Crippen molar-refractivity contribution < 1.29 is 73.6 Å². The topological polar surface area (TPSA) is 244 Å². The number of benzene rings is 1. The summed E-state index contributed by atoms with van der Waals surface area (Å²) >= 11 is 0. The van der Waals surface area contributed by atoms with Crippen molar-refractivity contribution in [2.75, 3.05) is 0 Å². The Morgan fingerprint density at radius 2 is 1.65 bits per heavy atom. The third-order valence-electron chi connectivity index (χ3n) is 9.36. The van der Waals surface area contributed by atoms with Gasteiger partial charge in [-0.1, -0.05) is 64.1 Å². The van der Waals surface area contributed by atoms with Crippen LogP contribution in [0.1, 0.15) is 71.8 Å². The van der Waals surface area contributed by atoms with Crippen LogP contribution >= 0.6 is 0 Å². The van der Waals surface area contributed by atoms with Crippen LogP contribution in [0.3, 0.4) is 0 Å². The molecule has 15 nitrogen and oxygen atoms in total. The van der Waals surface area contributed by atoms with Gasteiger partial charge in [-0.05, 0) is 42.7 Å². The number of rotatable bonds is 18. The van der Waals surface area contributed by atoms with Crippen molar-refractivity contribution in [3.8, 4) is 0 Å². The van der Waals surface area contributed by atoms with Crippen LogP contribution < -0.4 is 0 Å². The van der Waals surface area contributed by atoms with Gasteiger partial charge in [0.1, 0.15) is 12.2 Å². The van der Waals surface area contributed by atoms with Gasteiger partial charge in [-0.25, -0.2) is 14.4 Å². The van der Waals surface area contributed by atoms with E-state index in [1.54, 1.807) is 6.92 Å². The molecule has 2 aliphatic heterocycles. The molecule has 0 saturated carbocycles. The van der Waals surface area contributed by atoms with Gasteiger partial charge in [-0.2, -0.15) is 0 Å². The monoisotopic (exact) mass is 694 g/mol. The normalized spacial score (nSPS) is 30.0. The largest absolute Gasteiger partial charge is 0.479 e. The van der Waals surface area contributed by atoms with Gasteiger partial charge < -0.3 is 49.6 Å². The van der Waals surface area contributed by atoms with Crippen molar-refractivity contribution in [1.29, 1.82) is 0 Å². The zero-order valence-electron chi connectivity index (χ0n) is 27.9. The van der Waals surface area contributed by atoms with Crippen molar-refractivity contribution in [3.63, 3.8) is 0 Å². The summed E-state index contributed by atoms with van der Waals surface area (Å²) < 4.78 is 21.9. The smallest absolute Gasteiger partial charge is 0.344 e. The second kappa shape index (κ2) is 15.8. The Morgan fingerprint density at radius 3 is 2.18 bits per heavy atom. The highest BCUT2D eigenvalue weighted by Gasteiger charge is 2.85. The number of hydrogen-bond donors (Lipinski definition) is 6. The van der Waals surface area contributed by atoms with Crippen LogP contribution in [0.5, 0.6) is 0 Å². The number of ether oxygens (including phenoxy) is 4. The Morgan fingerprint density at radius 1 is 1.02 bits per heavy atom. The first-order chi connectivity index (χ1) is 22.9. The summed E-state index contributed by atoms with van der Waals surface area (Å²) in [6.45, 7) is 10.9. The van der Waals surface area contributed by atoms with Crippen LogP contribution in [-0.2, 0) is 49.3 Å². The van der Waals surface area contributed by atoms with E-state index >= 15 is 0 Å². The summed E-state index contributed by atoms with van der Waals surface area (Å²) in [6.07, 6.45) is -9.55. The Kier molecular flexibility index (Phi) is 12.7. The van der Waals surface area contributed by atoms with Gasteiger partial charge in [0.25, 0.3) is 0 Å². The Bertz CT molecular complexity index is 1400. The molecule has 0 aliphatic carbocycles. The summed E-state index contributed by atoms with van der Waals surface area (Å²) in [6, 6.07) is 9.24. The highest BCUT2D eigenvalue weighted by Crippen LogP contribution is 2.56. The second-order valence-corrected chi connectivity index (χ2v) is 13.0. The van der Waals surface area contributed by atoms with Crippen molar-refractivity contribution in [2.24, 2.45) is 11.8 Å². The lowest BCUT2D eigenvalue weighted by atomic mass is 9.74. The van der Waals surface area contributed by atoms with E-state index in [0.717, 1.165) is 12.0 Å². The molecule has 49 heavy (non-hydrogen) atoms. The number of carbonyl (C=O) groups is 5. The van der Waals surface area contributed by atoms with Gasteiger partial charge in [-0.3, -0.25) is 9.59 Å². The molecule has 2 fully saturated rings.